The number of halogens is 3. The van der Waals surface area contributed by atoms with Crippen LogP contribution in [0.5, 0.6) is 5.75 Å². The van der Waals surface area contributed by atoms with Gasteiger partial charge in [0, 0.05) is 49.7 Å². The summed E-state index contributed by atoms with van der Waals surface area (Å²) in [7, 11) is 0. The number of ether oxygens (including phenoxy) is 1. The minimum Gasteiger partial charge on any atom is -0.504 e. The SMILES string of the molecule is CC(C)OC(=O)c1c(NN2CCN(CC(F)(F)F)CC2)oc(C=C2C=Nc3ncccc32)c1O. The van der Waals surface area contributed by atoms with Crippen LogP contribution in [0, 0.1) is 0 Å². The van der Waals surface area contributed by atoms with Crippen molar-refractivity contribution in [2.75, 3.05) is 38.1 Å². The van der Waals surface area contributed by atoms with Crippen LogP contribution in [-0.2, 0) is 4.74 Å². The Hall–Kier alpha value is -3.38. The number of allylic oxidation sites excluding steroid dienone is 1. The monoisotopic (exact) mass is 479 g/mol. The van der Waals surface area contributed by atoms with Gasteiger partial charge >= 0.3 is 12.1 Å². The van der Waals surface area contributed by atoms with Crippen molar-refractivity contribution in [3.8, 4) is 5.75 Å². The van der Waals surface area contributed by atoms with Crippen molar-refractivity contribution in [1.29, 1.82) is 0 Å². The molecule has 0 spiro atoms. The molecule has 0 aliphatic carbocycles. The zero-order valence-corrected chi connectivity index (χ0v) is 18.6. The molecule has 0 atom stereocenters. The molecule has 2 aliphatic heterocycles. The first-order chi connectivity index (χ1) is 16.1. The Morgan fingerprint density at radius 2 is 2.06 bits per heavy atom. The molecule has 0 amide bonds. The number of pyridine rings is 1. The standard InChI is InChI=1S/C22H24F3N5O4/c1-13(2)33-21(32)17-18(31)16(10-14-11-27-19-15(14)4-3-5-26-19)34-20(17)28-30-8-6-29(7-9-30)12-22(23,24)25/h3-5,10-11,13,28,31H,6-9,12H2,1-2H3. The normalized spacial score (nSPS) is 18.0. The van der Waals surface area contributed by atoms with Gasteiger partial charge in [0.1, 0.15) is 0 Å². The number of carbonyl (C=O) groups is 1. The molecule has 2 aromatic rings. The highest BCUT2D eigenvalue weighted by Crippen LogP contribution is 2.38. The van der Waals surface area contributed by atoms with Crippen molar-refractivity contribution in [3.05, 3.63) is 35.2 Å². The zero-order chi connectivity index (χ0) is 24.5. The van der Waals surface area contributed by atoms with Gasteiger partial charge in [0.05, 0.1) is 12.6 Å². The highest BCUT2D eigenvalue weighted by atomic mass is 19.4. The Balaban J connectivity index is 1.58. The second kappa shape index (κ2) is 9.47. The first-order valence-corrected chi connectivity index (χ1v) is 10.7. The maximum Gasteiger partial charge on any atom is 0.401 e. The van der Waals surface area contributed by atoms with Gasteiger partial charge in [-0.1, -0.05) is 0 Å². The van der Waals surface area contributed by atoms with E-state index in [0.29, 0.717) is 11.4 Å². The average molecular weight is 479 g/mol. The fraction of sp³-hybridized carbons (Fsp3) is 0.409. The summed E-state index contributed by atoms with van der Waals surface area (Å²) in [4.78, 5) is 22.4. The lowest BCUT2D eigenvalue weighted by Gasteiger charge is -2.34. The van der Waals surface area contributed by atoms with Crippen molar-refractivity contribution in [3.63, 3.8) is 0 Å². The number of alkyl halides is 3. The van der Waals surface area contributed by atoms with Crippen LogP contribution in [0.3, 0.4) is 0 Å². The second-order valence-electron chi connectivity index (χ2n) is 8.20. The van der Waals surface area contributed by atoms with E-state index in [1.165, 1.54) is 11.0 Å². The molecular formula is C22H24F3N5O4. The van der Waals surface area contributed by atoms with Gasteiger partial charge in [-0.3, -0.25) is 10.3 Å². The highest BCUT2D eigenvalue weighted by Gasteiger charge is 2.33. The van der Waals surface area contributed by atoms with Crippen molar-refractivity contribution >= 4 is 35.5 Å². The lowest BCUT2D eigenvalue weighted by molar-refractivity contribution is -0.148. The lowest BCUT2D eigenvalue weighted by Crippen LogP contribution is -2.50. The molecule has 0 bridgehead atoms. The molecule has 0 unspecified atom stereocenters. The van der Waals surface area contributed by atoms with Crippen LogP contribution in [0.2, 0.25) is 0 Å². The molecule has 0 aromatic carbocycles. The van der Waals surface area contributed by atoms with E-state index in [-0.39, 0.29) is 43.4 Å². The minimum absolute atomic E-state index is 0.00654. The van der Waals surface area contributed by atoms with Crippen LogP contribution in [0.15, 0.2) is 27.7 Å². The fourth-order valence-electron chi connectivity index (χ4n) is 3.68. The number of anilines is 1. The van der Waals surface area contributed by atoms with Crippen LogP contribution in [0.25, 0.3) is 11.6 Å². The van der Waals surface area contributed by atoms with E-state index in [2.05, 4.69) is 15.4 Å². The van der Waals surface area contributed by atoms with Gasteiger partial charge in [-0.15, -0.1) is 0 Å². The summed E-state index contributed by atoms with van der Waals surface area (Å²) in [5, 5.41) is 12.4. The number of hydrogen-bond acceptors (Lipinski definition) is 9. The molecule has 34 heavy (non-hydrogen) atoms. The Morgan fingerprint density at radius 1 is 1.32 bits per heavy atom. The van der Waals surface area contributed by atoms with Crippen molar-refractivity contribution in [2.45, 2.75) is 26.1 Å². The molecule has 0 radical (unpaired) electrons. The van der Waals surface area contributed by atoms with E-state index in [9.17, 15) is 23.1 Å². The molecular weight excluding hydrogens is 455 g/mol. The van der Waals surface area contributed by atoms with E-state index in [1.54, 1.807) is 37.3 Å². The minimum atomic E-state index is -4.27. The predicted octanol–water partition coefficient (Wildman–Crippen LogP) is 3.71. The molecule has 9 nitrogen and oxygen atoms in total. The molecule has 2 aromatic heterocycles. The van der Waals surface area contributed by atoms with Gasteiger partial charge in [0.2, 0.25) is 5.88 Å². The van der Waals surface area contributed by atoms with Gasteiger partial charge < -0.3 is 14.3 Å². The summed E-state index contributed by atoms with van der Waals surface area (Å²) >= 11 is 0. The number of rotatable bonds is 6. The van der Waals surface area contributed by atoms with Crippen LogP contribution in [0.4, 0.5) is 24.9 Å². The van der Waals surface area contributed by atoms with Crippen molar-refractivity contribution < 1.29 is 32.2 Å². The summed E-state index contributed by atoms with van der Waals surface area (Å²) in [6, 6.07) is 3.56. The number of fused-ring (bicyclic) bond motifs is 1. The van der Waals surface area contributed by atoms with Crippen molar-refractivity contribution in [1.82, 2.24) is 14.9 Å². The summed E-state index contributed by atoms with van der Waals surface area (Å²) < 4.78 is 49.0. The number of aromatic hydroxyl groups is 1. The molecule has 12 heteroatoms. The summed E-state index contributed by atoms with van der Waals surface area (Å²) in [6.45, 7) is 3.19. The van der Waals surface area contributed by atoms with Gasteiger partial charge in [-0.25, -0.2) is 19.8 Å². The zero-order valence-electron chi connectivity index (χ0n) is 18.6. The lowest BCUT2D eigenvalue weighted by atomic mass is 10.1. The van der Waals surface area contributed by atoms with E-state index in [1.807, 2.05) is 6.07 Å². The van der Waals surface area contributed by atoms with E-state index < -0.39 is 30.5 Å². The predicted molar refractivity (Wildman–Crippen MR) is 119 cm³/mol. The largest absolute Gasteiger partial charge is 0.504 e. The molecule has 1 saturated heterocycles. The Labute approximate surface area is 193 Å². The number of nitrogens with one attached hydrogen (secondary N) is 1. The molecule has 0 saturated carbocycles. The Kier molecular flexibility index (Phi) is 6.62. The number of furan rings is 1. The Morgan fingerprint density at radius 3 is 2.74 bits per heavy atom. The summed E-state index contributed by atoms with van der Waals surface area (Å²) in [5.74, 6) is -0.731. The van der Waals surface area contributed by atoms with Crippen molar-refractivity contribution in [2.24, 2.45) is 4.99 Å². The van der Waals surface area contributed by atoms with Gasteiger partial charge in [-0.2, -0.15) is 13.2 Å². The number of aliphatic imine (C=N–C) groups is 1. The summed E-state index contributed by atoms with van der Waals surface area (Å²) in [6.07, 6.45) is 0.00202. The topological polar surface area (TPSA) is 103 Å². The second-order valence-corrected chi connectivity index (χ2v) is 8.20. The summed E-state index contributed by atoms with van der Waals surface area (Å²) in [5.41, 5.74) is 4.08. The van der Waals surface area contributed by atoms with Crippen LogP contribution >= 0.6 is 0 Å². The number of aromatic nitrogens is 1. The van der Waals surface area contributed by atoms with Crippen LogP contribution in [-0.4, -0.2) is 77.2 Å². The van der Waals surface area contributed by atoms with E-state index in [4.69, 9.17) is 9.15 Å². The third-order valence-electron chi connectivity index (χ3n) is 5.20. The van der Waals surface area contributed by atoms with Crippen LogP contribution < -0.4 is 5.43 Å². The number of nitrogens with zero attached hydrogens (tertiary/aromatic N) is 4. The third kappa shape index (κ3) is 5.39. The number of esters is 1. The molecule has 4 rings (SSSR count). The molecule has 182 valence electrons. The number of piperazine rings is 1. The van der Waals surface area contributed by atoms with E-state index in [0.717, 1.165) is 5.56 Å². The fourth-order valence-corrected chi connectivity index (χ4v) is 3.68. The quantitative estimate of drug-likeness (QED) is 0.605. The van der Waals surface area contributed by atoms with Gasteiger partial charge in [-0.05, 0) is 32.1 Å². The Bertz CT molecular complexity index is 1120. The molecule has 1 fully saturated rings. The number of hydrogen-bond donors (Lipinski definition) is 2. The molecule has 2 aliphatic rings. The number of hydrazine groups is 1. The maximum absolute atomic E-state index is 12.7. The molecule has 4 heterocycles. The van der Waals surface area contributed by atoms with Gasteiger partial charge in [0.25, 0.3) is 0 Å². The van der Waals surface area contributed by atoms with Crippen LogP contribution in [0.1, 0.15) is 35.5 Å². The smallest absolute Gasteiger partial charge is 0.401 e. The highest BCUT2D eigenvalue weighted by molar-refractivity contribution is 6.21. The molecule has 2 N–H and O–H groups in total. The number of carbonyl (C=O) groups excluding carboxylic acids is 1. The third-order valence-corrected chi connectivity index (χ3v) is 5.20. The average Bonchev–Trinajstić information content (AvgIpc) is 3.29. The maximum atomic E-state index is 12.7. The first-order valence-electron chi connectivity index (χ1n) is 10.7. The first kappa shape index (κ1) is 23.8. The van der Waals surface area contributed by atoms with E-state index >= 15 is 0 Å². The van der Waals surface area contributed by atoms with Gasteiger partial charge in [0.15, 0.2) is 22.9 Å².